The van der Waals surface area contributed by atoms with Crippen molar-refractivity contribution in [2.45, 2.75) is 38.6 Å². The van der Waals surface area contributed by atoms with Crippen LogP contribution in [0, 0.1) is 10.8 Å². The average molecular weight is 153 g/mol. The molecule has 0 amide bonds. The Labute approximate surface area is 67.7 Å². The largest absolute Gasteiger partial charge is 0.150 e. The normalized spacial score (nSPS) is 31.4. The summed E-state index contributed by atoms with van der Waals surface area (Å²) < 4.78 is 0. The molecule has 1 rings (SSSR count). The topological polar surface area (TPSA) is 29.4 Å². The molecule has 0 aliphatic heterocycles. The molecular formula is C9H15NO. The van der Waals surface area contributed by atoms with E-state index in [1.165, 1.54) is 6.42 Å². The Balaban J connectivity index is 2.58. The third kappa shape index (κ3) is 1.88. The molecule has 1 aliphatic rings. The molecule has 0 bridgehead atoms. The van der Waals surface area contributed by atoms with Gasteiger partial charge in [0.05, 0.1) is 6.04 Å². The van der Waals surface area contributed by atoms with Crippen LogP contribution in [0.3, 0.4) is 0 Å². The molecule has 0 saturated heterocycles. The van der Waals surface area contributed by atoms with Crippen LogP contribution in [-0.2, 0) is 0 Å². The van der Waals surface area contributed by atoms with E-state index in [0.29, 0.717) is 5.92 Å². The Bertz CT molecular complexity index is 165. The van der Waals surface area contributed by atoms with Crippen molar-refractivity contribution in [1.82, 2.24) is 0 Å². The molecule has 11 heavy (non-hydrogen) atoms. The SMILES string of the molecule is C=C(C)C1CCCCC1N=O. The fraction of sp³-hybridized carbons (Fsp3) is 0.778. The van der Waals surface area contributed by atoms with E-state index >= 15 is 0 Å². The van der Waals surface area contributed by atoms with Gasteiger partial charge in [0.2, 0.25) is 0 Å². The number of nitroso groups, excluding NO2 is 1. The zero-order chi connectivity index (χ0) is 8.27. The van der Waals surface area contributed by atoms with Crippen molar-refractivity contribution in [3.05, 3.63) is 17.1 Å². The van der Waals surface area contributed by atoms with Gasteiger partial charge in [-0.3, -0.25) is 0 Å². The van der Waals surface area contributed by atoms with Gasteiger partial charge in [-0.15, -0.1) is 0 Å². The molecule has 1 fully saturated rings. The summed E-state index contributed by atoms with van der Waals surface area (Å²) >= 11 is 0. The first-order valence-corrected chi connectivity index (χ1v) is 4.23. The molecule has 2 heteroatoms. The van der Waals surface area contributed by atoms with Gasteiger partial charge in [-0.05, 0) is 19.8 Å². The van der Waals surface area contributed by atoms with Crippen LogP contribution in [0.25, 0.3) is 0 Å². The molecule has 0 aromatic heterocycles. The zero-order valence-corrected chi connectivity index (χ0v) is 7.05. The summed E-state index contributed by atoms with van der Waals surface area (Å²) in [5, 5.41) is 3.14. The van der Waals surface area contributed by atoms with E-state index in [9.17, 15) is 4.91 Å². The van der Waals surface area contributed by atoms with Crippen molar-refractivity contribution < 1.29 is 0 Å². The smallest absolute Gasteiger partial charge is 0.0984 e. The molecule has 1 aliphatic carbocycles. The lowest BCUT2D eigenvalue weighted by Gasteiger charge is -2.26. The van der Waals surface area contributed by atoms with Gasteiger partial charge in [-0.1, -0.05) is 30.2 Å². The third-order valence-electron chi connectivity index (χ3n) is 2.50. The van der Waals surface area contributed by atoms with E-state index in [-0.39, 0.29) is 6.04 Å². The van der Waals surface area contributed by atoms with E-state index in [1.54, 1.807) is 0 Å². The van der Waals surface area contributed by atoms with E-state index in [0.717, 1.165) is 24.8 Å². The van der Waals surface area contributed by atoms with Crippen molar-refractivity contribution in [3.63, 3.8) is 0 Å². The highest BCUT2D eigenvalue weighted by molar-refractivity contribution is 5.02. The Kier molecular flexibility index (Phi) is 2.80. The van der Waals surface area contributed by atoms with Gasteiger partial charge < -0.3 is 0 Å². The average Bonchev–Trinajstić information content (AvgIpc) is 2.04. The maximum absolute atomic E-state index is 10.4. The van der Waals surface area contributed by atoms with Gasteiger partial charge in [0.1, 0.15) is 0 Å². The van der Waals surface area contributed by atoms with Gasteiger partial charge in [0, 0.05) is 5.92 Å². The van der Waals surface area contributed by atoms with E-state index in [2.05, 4.69) is 11.8 Å². The summed E-state index contributed by atoms with van der Waals surface area (Å²) in [6.45, 7) is 5.87. The minimum absolute atomic E-state index is 0.0150. The fourth-order valence-electron chi connectivity index (χ4n) is 1.81. The van der Waals surface area contributed by atoms with Crippen LogP contribution >= 0.6 is 0 Å². The van der Waals surface area contributed by atoms with Gasteiger partial charge in [-0.25, -0.2) is 0 Å². The Hall–Kier alpha value is -0.660. The lowest BCUT2D eigenvalue weighted by Crippen LogP contribution is -2.23. The highest BCUT2D eigenvalue weighted by Crippen LogP contribution is 2.30. The first-order chi connectivity index (χ1) is 5.25. The van der Waals surface area contributed by atoms with Crippen molar-refractivity contribution in [2.75, 3.05) is 0 Å². The first kappa shape index (κ1) is 8.44. The monoisotopic (exact) mass is 153 g/mol. The summed E-state index contributed by atoms with van der Waals surface area (Å²) in [6.07, 6.45) is 4.44. The standard InChI is InChI=1S/C9H15NO/c1-7(2)8-5-3-4-6-9(8)10-11/h8-9H,1,3-6H2,2H3. The van der Waals surface area contributed by atoms with Crippen molar-refractivity contribution in [3.8, 4) is 0 Å². The predicted octanol–water partition coefficient (Wildman–Crippen LogP) is 2.89. The van der Waals surface area contributed by atoms with Gasteiger partial charge in [-0.2, -0.15) is 4.91 Å². The first-order valence-electron chi connectivity index (χ1n) is 4.23. The molecule has 0 spiro atoms. The molecule has 62 valence electrons. The summed E-state index contributed by atoms with van der Waals surface area (Å²) in [7, 11) is 0. The summed E-state index contributed by atoms with van der Waals surface area (Å²) in [4.78, 5) is 10.4. The molecule has 0 N–H and O–H groups in total. The van der Waals surface area contributed by atoms with Crippen LogP contribution in [0.5, 0.6) is 0 Å². The lowest BCUT2D eigenvalue weighted by molar-refractivity contribution is 0.348. The van der Waals surface area contributed by atoms with Crippen LogP contribution in [0.2, 0.25) is 0 Å². The Morgan fingerprint density at radius 3 is 2.55 bits per heavy atom. The minimum atomic E-state index is 0.0150. The van der Waals surface area contributed by atoms with Crippen LogP contribution in [0.1, 0.15) is 32.6 Å². The quantitative estimate of drug-likeness (QED) is 0.443. The summed E-state index contributed by atoms with van der Waals surface area (Å²) in [5.41, 5.74) is 1.12. The molecule has 0 aromatic carbocycles. The van der Waals surface area contributed by atoms with Crippen molar-refractivity contribution in [2.24, 2.45) is 11.1 Å². The zero-order valence-electron chi connectivity index (χ0n) is 7.05. The van der Waals surface area contributed by atoms with Crippen molar-refractivity contribution >= 4 is 0 Å². The number of hydrogen-bond donors (Lipinski definition) is 0. The van der Waals surface area contributed by atoms with Gasteiger partial charge in [0.15, 0.2) is 0 Å². The second-order valence-electron chi connectivity index (χ2n) is 3.41. The molecular weight excluding hydrogens is 138 g/mol. The summed E-state index contributed by atoms with van der Waals surface area (Å²) in [5.74, 6) is 0.362. The molecule has 0 aromatic rings. The minimum Gasteiger partial charge on any atom is -0.150 e. The van der Waals surface area contributed by atoms with Crippen molar-refractivity contribution in [1.29, 1.82) is 0 Å². The van der Waals surface area contributed by atoms with Crippen LogP contribution in [0.15, 0.2) is 17.3 Å². The molecule has 2 nitrogen and oxygen atoms in total. The van der Waals surface area contributed by atoms with Crippen LogP contribution in [0.4, 0.5) is 0 Å². The second kappa shape index (κ2) is 3.65. The van der Waals surface area contributed by atoms with E-state index < -0.39 is 0 Å². The lowest BCUT2D eigenvalue weighted by atomic mass is 9.81. The van der Waals surface area contributed by atoms with Gasteiger partial charge >= 0.3 is 0 Å². The number of rotatable bonds is 2. The van der Waals surface area contributed by atoms with Gasteiger partial charge in [0.25, 0.3) is 0 Å². The molecule has 2 unspecified atom stereocenters. The molecule has 2 atom stereocenters. The van der Waals surface area contributed by atoms with Crippen LogP contribution < -0.4 is 0 Å². The van der Waals surface area contributed by atoms with E-state index in [4.69, 9.17) is 0 Å². The summed E-state index contributed by atoms with van der Waals surface area (Å²) in [6, 6.07) is 0.0150. The highest BCUT2D eigenvalue weighted by atomic mass is 16.3. The van der Waals surface area contributed by atoms with Crippen LogP contribution in [-0.4, -0.2) is 6.04 Å². The predicted molar refractivity (Wildman–Crippen MR) is 46.4 cm³/mol. The molecule has 1 saturated carbocycles. The Morgan fingerprint density at radius 2 is 2.09 bits per heavy atom. The second-order valence-corrected chi connectivity index (χ2v) is 3.41. The maximum Gasteiger partial charge on any atom is 0.0984 e. The Morgan fingerprint density at radius 1 is 1.45 bits per heavy atom. The number of hydrogen-bond acceptors (Lipinski definition) is 2. The number of nitrogens with zero attached hydrogens (tertiary/aromatic N) is 1. The molecule has 0 heterocycles. The third-order valence-corrected chi connectivity index (χ3v) is 2.50. The highest BCUT2D eigenvalue weighted by Gasteiger charge is 2.25. The maximum atomic E-state index is 10.4. The molecule has 0 radical (unpaired) electrons. The van der Waals surface area contributed by atoms with E-state index in [1.807, 2.05) is 6.92 Å². The fourth-order valence-corrected chi connectivity index (χ4v) is 1.81.